The van der Waals surface area contributed by atoms with Gasteiger partial charge in [-0.15, -0.1) is 0 Å². The minimum Gasteiger partial charge on any atom is -0.481 e. The second-order valence-electron chi connectivity index (χ2n) is 7.02. The summed E-state index contributed by atoms with van der Waals surface area (Å²) in [5, 5.41) is 8.88. The molecular formula is C25H36N2O2. The van der Waals surface area contributed by atoms with Crippen LogP contribution in [0.15, 0.2) is 47.0 Å². The molecule has 1 saturated carbocycles. The van der Waals surface area contributed by atoms with E-state index in [0.29, 0.717) is 11.8 Å². The van der Waals surface area contributed by atoms with Crippen molar-refractivity contribution < 1.29 is 9.90 Å². The number of carboxylic acids is 1. The molecule has 3 N–H and O–H groups in total. The van der Waals surface area contributed by atoms with Crippen LogP contribution in [0.1, 0.15) is 70.1 Å². The average Bonchev–Trinajstić information content (AvgIpc) is 3.52. The van der Waals surface area contributed by atoms with Gasteiger partial charge in [-0.05, 0) is 79.5 Å². The van der Waals surface area contributed by atoms with Crippen molar-refractivity contribution in [2.45, 2.75) is 66.7 Å². The zero-order valence-corrected chi connectivity index (χ0v) is 18.5. The van der Waals surface area contributed by atoms with E-state index in [9.17, 15) is 4.79 Å². The second-order valence-corrected chi connectivity index (χ2v) is 7.02. The number of aliphatic imine (C=N–C) groups is 1. The van der Waals surface area contributed by atoms with E-state index in [1.165, 1.54) is 16.7 Å². The summed E-state index contributed by atoms with van der Waals surface area (Å²) < 4.78 is 0. The Labute approximate surface area is 175 Å². The fourth-order valence-corrected chi connectivity index (χ4v) is 3.09. The Balaban J connectivity index is 0.00000204. The molecule has 1 aromatic rings. The summed E-state index contributed by atoms with van der Waals surface area (Å²) in [5.41, 5.74) is 11.8. The third-order valence-electron chi connectivity index (χ3n) is 4.67. The lowest BCUT2D eigenvalue weighted by atomic mass is 9.97. The number of allylic oxidation sites excluding steroid dienone is 3. The van der Waals surface area contributed by atoms with Gasteiger partial charge in [-0.2, -0.15) is 0 Å². The topological polar surface area (TPSA) is 75.7 Å². The van der Waals surface area contributed by atoms with Crippen molar-refractivity contribution in [3.05, 3.63) is 58.7 Å². The number of amidine groups is 1. The van der Waals surface area contributed by atoms with E-state index in [1.54, 1.807) is 12.2 Å². The van der Waals surface area contributed by atoms with Crippen LogP contribution >= 0.6 is 0 Å². The standard InChI is InChI=1S/C23H30N2O2.C2H6/c1-4-6-19-14-21(15-20(7-5-2)16(19)3)25-22(24)12-10-18(17-8-9-17)11-13-23(26)27;1-2/h4,6,10-12,14-15,17H,5,7-9,13H2,1-3H3,(H2,24,25)(H,26,27);1-2H3/b6-4-,12-10-,18-11+;. The summed E-state index contributed by atoms with van der Waals surface area (Å²) in [6.07, 6.45) is 13.9. The number of aliphatic carboxylic acids is 1. The van der Waals surface area contributed by atoms with Crippen LogP contribution in [0.5, 0.6) is 0 Å². The van der Waals surface area contributed by atoms with Crippen molar-refractivity contribution in [2.24, 2.45) is 16.6 Å². The molecule has 0 heterocycles. The molecule has 0 bridgehead atoms. The van der Waals surface area contributed by atoms with E-state index in [4.69, 9.17) is 10.8 Å². The first-order chi connectivity index (χ1) is 13.9. The molecule has 0 radical (unpaired) electrons. The molecule has 0 spiro atoms. The highest BCUT2D eigenvalue weighted by Gasteiger charge is 2.24. The highest BCUT2D eigenvalue weighted by atomic mass is 16.4. The predicted molar refractivity (Wildman–Crippen MR) is 125 cm³/mol. The van der Waals surface area contributed by atoms with Crippen LogP contribution in [0.4, 0.5) is 5.69 Å². The lowest BCUT2D eigenvalue weighted by Gasteiger charge is -2.10. The van der Waals surface area contributed by atoms with E-state index in [1.807, 2.05) is 32.9 Å². The first-order valence-electron chi connectivity index (χ1n) is 10.6. The molecule has 29 heavy (non-hydrogen) atoms. The van der Waals surface area contributed by atoms with E-state index in [2.05, 4.69) is 37.0 Å². The largest absolute Gasteiger partial charge is 0.481 e. The molecule has 0 aliphatic heterocycles. The van der Waals surface area contributed by atoms with E-state index in [0.717, 1.165) is 36.9 Å². The van der Waals surface area contributed by atoms with Crippen LogP contribution in [0, 0.1) is 12.8 Å². The van der Waals surface area contributed by atoms with Crippen molar-refractivity contribution in [1.82, 2.24) is 0 Å². The highest BCUT2D eigenvalue weighted by Crippen LogP contribution is 2.37. The molecule has 1 aliphatic carbocycles. The average molecular weight is 397 g/mol. The minimum atomic E-state index is -0.817. The summed E-state index contributed by atoms with van der Waals surface area (Å²) in [4.78, 5) is 15.4. The van der Waals surface area contributed by atoms with Gasteiger partial charge in [-0.1, -0.05) is 51.5 Å². The number of carboxylic acid groups (broad SMARTS) is 1. The molecule has 0 aromatic heterocycles. The Morgan fingerprint density at radius 3 is 2.52 bits per heavy atom. The summed E-state index contributed by atoms with van der Waals surface area (Å²) in [5.74, 6) is 0.0719. The first kappa shape index (κ1) is 24.4. The van der Waals surface area contributed by atoms with Gasteiger partial charge < -0.3 is 10.8 Å². The molecule has 0 saturated heterocycles. The first-order valence-corrected chi connectivity index (χ1v) is 10.6. The summed E-state index contributed by atoms with van der Waals surface area (Å²) >= 11 is 0. The van der Waals surface area contributed by atoms with Crippen LogP contribution in [-0.4, -0.2) is 16.9 Å². The van der Waals surface area contributed by atoms with Gasteiger partial charge in [0.25, 0.3) is 0 Å². The van der Waals surface area contributed by atoms with Crippen molar-refractivity contribution >= 4 is 23.6 Å². The van der Waals surface area contributed by atoms with Crippen LogP contribution in [0.25, 0.3) is 6.08 Å². The van der Waals surface area contributed by atoms with Gasteiger partial charge in [0.2, 0.25) is 0 Å². The zero-order valence-electron chi connectivity index (χ0n) is 18.5. The van der Waals surface area contributed by atoms with E-state index in [-0.39, 0.29) is 6.42 Å². The zero-order chi connectivity index (χ0) is 21.8. The Kier molecular flexibility index (Phi) is 10.7. The predicted octanol–water partition coefficient (Wildman–Crippen LogP) is 6.36. The van der Waals surface area contributed by atoms with Crippen LogP contribution in [-0.2, 0) is 11.2 Å². The quantitative estimate of drug-likeness (QED) is 0.289. The third-order valence-corrected chi connectivity index (χ3v) is 4.67. The molecular weight excluding hydrogens is 360 g/mol. The van der Waals surface area contributed by atoms with Crippen molar-refractivity contribution in [1.29, 1.82) is 0 Å². The fourth-order valence-electron chi connectivity index (χ4n) is 3.09. The Morgan fingerprint density at radius 2 is 1.97 bits per heavy atom. The van der Waals surface area contributed by atoms with Gasteiger partial charge in [0.1, 0.15) is 5.84 Å². The number of hydrogen-bond donors (Lipinski definition) is 2. The normalized spacial score (nSPS) is 14.9. The molecule has 2 rings (SSSR count). The number of nitrogens with zero attached hydrogens (tertiary/aromatic N) is 1. The maximum Gasteiger partial charge on any atom is 0.307 e. The number of benzene rings is 1. The highest BCUT2D eigenvalue weighted by molar-refractivity contribution is 5.94. The van der Waals surface area contributed by atoms with Crippen LogP contribution in [0.2, 0.25) is 0 Å². The van der Waals surface area contributed by atoms with Crippen molar-refractivity contribution in [3.8, 4) is 0 Å². The molecule has 4 heteroatoms. The van der Waals surface area contributed by atoms with Crippen molar-refractivity contribution in [3.63, 3.8) is 0 Å². The van der Waals surface area contributed by atoms with E-state index >= 15 is 0 Å². The maximum absolute atomic E-state index is 10.8. The molecule has 1 aliphatic rings. The molecule has 0 atom stereocenters. The minimum absolute atomic E-state index is 0.0400. The maximum atomic E-state index is 10.8. The van der Waals surface area contributed by atoms with Gasteiger partial charge in [0, 0.05) is 0 Å². The Morgan fingerprint density at radius 1 is 1.28 bits per heavy atom. The van der Waals surface area contributed by atoms with Gasteiger partial charge >= 0.3 is 5.97 Å². The summed E-state index contributed by atoms with van der Waals surface area (Å²) in [6.45, 7) is 10.3. The van der Waals surface area contributed by atoms with Crippen LogP contribution < -0.4 is 5.73 Å². The Bertz CT molecular complexity index is 797. The number of nitrogens with two attached hydrogens (primary N) is 1. The molecule has 0 amide bonds. The lowest BCUT2D eigenvalue weighted by molar-refractivity contribution is -0.136. The molecule has 158 valence electrons. The van der Waals surface area contributed by atoms with Gasteiger partial charge in [0.15, 0.2) is 0 Å². The molecule has 1 fully saturated rings. The Hall–Kier alpha value is -2.62. The molecule has 4 nitrogen and oxygen atoms in total. The van der Waals surface area contributed by atoms with E-state index < -0.39 is 5.97 Å². The monoisotopic (exact) mass is 396 g/mol. The number of rotatable bonds is 9. The summed E-state index contributed by atoms with van der Waals surface area (Å²) in [7, 11) is 0. The third kappa shape index (κ3) is 8.51. The number of carbonyl (C=O) groups is 1. The van der Waals surface area contributed by atoms with Gasteiger partial charge in [0.05, 0.1) is 12.1 Å². The fraction of sp³-hybridized carbons (Fsp3) is 0.440. The SMILES string of the molecule is C/C=C\c1cc(N=C(N)/C=C\C(=C/CC(=O)O)C2CC2)cc(CCC)c1C.CC. The van der Waals surface area contributed by atoms with Gasteiger partial charge in [-0.3, -0.25) is 4.79 Å². The van der Waals surface area contributed by atoms with Crippen molar-refractivity contribution in [2.75, 3.05) is 0 Å². The van der Waals surface area contributed by atoms with Crippen LogP contribution in [0.3, 0.4) is 0 Å². The summed E-state index contributed by atoms with van der Waals surface area (Å²) in [6, 6.07) is 4.16. The second kappa shape index (κ2) is 12.8. The lowest BCUT2D eigenvalue weighted by Crippen LogP contribution is -2.07. The number of hydrogen-bond acceptors (Lipinski definition) is 2. The van der Waals surface area contributed by atoms with Gasteiger partial charge in [-0.25, -0.2) is 4.99 Å². The molecule has 0 unspecified atom stereocenters. The molecule has 1 aromatic carbocycles. The number of aryl methyl sites for hydroxylation is 1. The smallest absolute Gasteiger partial charge is 0.307 e.